The van der Waals surface area contributed by atoms with Crippen LogP contribution in [0.3, 0.4) is 0 Å². The van der Waals surface area contributed by atoms with Gasteiger partial charge in [-0.15, -0.1) is 0 Å². The van der Waals surface area contributed by atoms with Crippen LogP contribution in [0.5, 0.6) is 0 Å². The number of pyridine rings is 1. The Labute approximate surface area is 214 Å². The number of amides is 1. The highest BCUT2D eigenvalue weighted by Crippen LogP contribution is 2.40. The molecule has 2 atom stereocenters. The molecular weight excluding hydrogens is 460 g/mol. The maximum absolute atomic E-state index is 12.4. The quantitative estimate of drug-likeness (QED) is 0.193. The minimum atomic E-state index is -0.0880. The summed E-state index contributed by atoms with van der Waals surface area (Å²) in [5.74, 6) is 2.20. The van der Waals surface area contributed by atoms with Gasteiger partial charge in [-0.2, -0.15) is 0 Å². The van der Waals surface area contributed by atoms with Crippen LogP contribution in [-0.2, 0) is 0 Å². The molecule has 2 aliphatic rings. The van der Waals surface area contributed by atoms with E-state index in [1.807, 2.05) is 31.3 Å². The predicted molar refractivity (Wildman–Crippen MR) is 141 cm³/mol. The number of hydrogen-bond donors (Lipinski definition) is 5. The predicted octanol–water partition coefficient (Wildman–Crippen LogP) is 4.10. The van der Waals surface area contributed by atoms with Gasteiger partial charge in [0, 0.05) is 42.9 Å². The Morgan fingerprint density at radius 3 is 2.39 bits per heavy atom. The molecule has 2 unspecified atom stereocenters. The number of piperidine rings is 1. The maximum Gasteiger partial charge on any atom is 0.273 e. The van der Waals surface area contributed by atoms with Gasteiger partial charge in [0.05, 0.1) is 0 Å². The third-order valence-electron chi connectivity index (χ3n) is 6.88. The second-order valence-electron chi connectivity index (χ2n) is 9.61. The van der Waals surface area contributed by atoms with Crippen LogP contribution >= 0.6 is 0 Å². The Bertz CT molecular complexity index is 873. The second-order valence-corrected chi connectivity index (χ2v) is 9.61. The third kappa shape index (κ3) is 9.16. The van der Waals surface area contributed by atoms with Gasteiger partial charge in [-0.1, -0.05) is 25.1 Å². The number of nitrogens with two attached hydrogens (primary N) is 1. The van der Waals surface area contributed by atoms with E-state index in [0.29, 0.717) is 23.7 Å². The molecule has 10 heteroatoms. The summed E-state index contributed by atoms with van der Waals surface area (Å²) >= 11 is 0. The fraction of sp³-hybridized carbons (Fsp3) is 0.654. The summed E-state index contributed by atoms with van der Waals surface area (Å²) in [6.45, 7) is 8.08. The lowest BCUT2D eigenvalue weighted by molar-refractivity contribution is -0.176. The van der Waals surface area contributed by atoms with Crippen molar-refractivity contribution in [3.63, 3.8) is 0 Å². The third-order valence-corrected chi connectivity index (χ3v) is 6.88. The number of carbonyl (C=O) groups excluding carboxylic acids is 1. The average Bonchev–Trinajstić information content (AvgIpc) is 3.63. The fourth-order valence-electron chi connectivity index (χ4n) is 4.52. The van der Waals surface area contributed by atoms with Gasteiger partial charge in [0.1, 0.15) is 11.6 Å². The molecule has 2 aromatic heterocycles. The largest absolute Gasteiger partial charge is 0.370 e. The summed E-state index contributed by atoms with van der Waals surface area (Å²) in [6, 6.07) is 7.16. The lowest BCUT2D eigenvalue weighted by Crippen LogP contribution is -2.53. The Morgan fingerprint density at radius 2 is 1.86 bits per heavy atom. The molecule has 6 N–H and O–H groups in total. The molecule has 0 bridgehead atoms. The van der Waals surface area contributed by atoms with Gasteiger partial charge in [-0.3, -0.25) is 15.3 Å². The summed E-state index contributed by atoms with van der Waals surface area (Å²) in [4.78, 5) is 19.1. The van der Waals surface area contributed by atoms with Crippen molar-refractivity contribution in [1.82, 2.24) is 20.4 Å². The first-order valence-electron chi connectivity index (χ1n) is 13.0. The van der Waals surface area contributed by atoms with Crippen molar-refractivity contribution < 1.29 is 19.8 Å². The van der Waals surface area contributed by atoms with E-state index in [0.717, 1.165) is 69.6 Å². The first-order chi connectivity index (χ1) is 17.4. The molecule has 4 rings (SSSR count). The molecule has 1 saturated heterocycles. The van der Waals surface area contributed by atoms with E-state index in [9.17, 15) is 4.79 Å². The van der Waals surface area contributed by atoms with Crippen molar-refractivity contribution in [3.8, 4) is 0 Å². The Morgan fingerprint density at radius 1 is 1.19 bits per heavy atom. The molecule has 0 spiro atoms. The summed E-state index contributed by atoms with van der Waals surface area (Å²) < 4.78 is 5.28. The molecule has 2 aromatic rings. The Hall–Kier alpha value is -2.53. The fourth-order valence-corrected chi connectivity index (χ4v) is 4.52. The first kappa shape index (κ1) is 29.7. The number of nitrogens with one attached hydrogen (secondary N) is 2. The normalized spacial score (nSPS) is 21.5. The van der Waals surface area contributed by atoms with Crippen molar-refractivity contribution in [1.29, 1.82) is 0 Å². The van der Waals surface area contributed by atoms with Crippen LogP contribution in [0.4, 0.5) is 5.82 Å². The number of nitrogens with zero attached hydrogens (tertiary/aromatic N) is 3. The zero-order valence-electron chi connectivity index (χ0n) is 22.1. The van der Waals surface area contributed by atoms with Crippen LogP contribution in [0.1, 0.15) is 86.5 Å². The summed E-state index contributed by atoms with van der Waals surface area (Å²) in [5, 5.41) is 22.3. The zero-order valence-corrected chi connectivity index (χ0v) is 22.1. The molecule has 1 aliphatic carbocycles. The molecule has 1 amide bonds. The highest BCUT2D eigenvalue weighted by atomic mass is 17.0. The highest BCUT2D eigenvalue weighted by Gasteiger charge is 2.33. The molecule has 2 fully saturated rings. The van der Waals surface area contributed by atoms with Crippen molar-refractivity contribution in [2.45, 2.75) is 89.8 Å². The van der Waals surface area contributed by atoms with E-state index in [1.165, 1.54) is 5.56 Å². The molecule has 202 valence electrons. The molecule has 1 saturated carbocycles. The van der Waals surface area contributed by atoms with Crippen molar-refractivity contribution >= 4 is 11.7 Å². The van der Waals surface area contributed by atoms with Gasteiger partial charge in [-0.05, 0) is 77.1 Å². The minimum Gasteiger partial charge on any atom is -0.370 e. The van der Waals surface area contributed by atoms with Crippen molar-refractivity contribution in [2.75, 3.05) is 25.5 Å². The first-order valence-corrected chi connectivity index (χ1v) is 13.0. The van der Waals surface area contributed by atoms with Gasteiger partial charge in [0.2, 0.25) is 0 Å². The lowest BCUT2D eigenvalue weighted by atomic mass is 9.89. The van der Waals surface area contributed by atoms with Gasteiger partial charge in [-0.25, -0.2) is 4.98 Å². The Kier molecular flexibility index (Phi) is 12.8. The number of rotatable bonds is 9. The molecular formula is C26H44N6O4. The number of hydrogen-bond acceptors (Lipinski definition) is 9. The van der Waals surface area contributed by atoms with Crippen LogP contribution in [0, 0.1) is 6.92 Å². The van der Waals surface area contributed by atoms with Crippen LogP contribution in [0.25, 0.3) is 0 Å². The zero-order chi connectivity index (χ0) is 26.5. The molecule has 0 aromatic carbocycles. The summed E-state index contributed by atoms with van der Waals surface area (Å²) in [6.07, 6.45) is 9.42. The monoisotopic (exact) mass is 504 g/mol. The van der Waals surface area contributed by atoms with E-state index in [2.05, 4.69) is 46.6 Å². The molecule has 36 heavy (non-hydrogen) atoms. The number of aryl methyl sites for hydroxylation is 1. The van der Waals surface area contributed by atoms with Crippen LogP contribution in [0.2, 0.25) is 0 Å². The number of carbonyl (C=O) groups is 1. The topological polar surface area (TPSA) is 150 Å². The van der Waals surface area contributed by atoms with Gasteiger partial charge in [0.15, 0.2) is 5.69 Å². The lowest BCUT2D eigenvalue weighted by Gasteiger charge is -2.43. The maximum atomic E-state index is 12.4. The number of aromatic nitrogens is 2. The molecule has 1 aliphatic heterocycles. The van der Waals surface area contributed by atoms with E-state index < -0.39 is 0 Å². The highest BCUT2D eigenvalue weighted by molar-refractivity contribution is 5.92. The second kappa shape index (κ2) is 15.6. The van der Waals surface area contributed by atoms with E-state index in [4.69, 9.17) is 20.8 Å². The standard InChI is InChI=1S/C17H27N3O2.C9H15N3.H2O2/c1-4-13-8-12(9-14(5-2)20(13)3)18-17(21)15-10-16(22-19-15)11-6-7-11;1-8-3-4-9(12-7-8)11-6-2-5-10;1-2/h10-14H,4-9H2,1-3H3,(H,18,21);3-4,7H,2,5-6,10H2,1H3,(H,11,12);1-2H. The van der Waals surface area contributed by atoms with Gasteiger partial charge < -0.3 is 25.8 Å². The van der Waals surface area contributed by atoms with Crippen molar-refractivity contribution in [3.05, 3.63) is 41.4 Å². The van der Waals surface area contributed by atoms with Crippen molar-refractivity contribution in [2.24, 2.45) is 5.73 Å². The summed E-state index contributed by atoms with van der Waals surface area (Å²) in [5.41, 5.74) is 6.97. The van der Waals surface area contributed by atoms with E-state index in [-0.39, 0.29) is 11.9 Å². The Balaban J connectivity index is 0.000000277. The number of likely N-dealkylation sites (tertiary alicyclic amines) is 1. The van der Waals surface area contributed by atoms with Crippen LogP contribution < -0.4 is 16.4 Å². The van der Waals surface area contributed by atoms with Gasteiger partial charge >= 0.3 is 0 Å². The van der Waals surface area contributed by atoms with Gasteiger partial charge in [0.25, 0.3) is 5.91 Å². The number of anilines is 1. The minimum absolute atomic E-state index is 0.0880. The summed E-state index contributed by atoms with van der Waals surface area (Å²) in [7, 11) is 2.21. The van der Waals surface area contributed by atoms with Crippen LogP contribution in [-0.4, -0.2) is 69.7 Å². The smallest absolute Gasteiger partial charge is 0.273 e. The van der Waals surface area contributed by atoms with E-state index in [1.54, 1.807) is 0 Å². The SMILES string of the molecule is CCC1CC(NC(=O)c2cc(C3CC3)on2)CC(CC)N1C.Cc1ccc(NCCCN)nc1.OO. The van der Waals surface area contributed by atoms with Crippen LogP contribution in [0.15, 0.2) is 28.9 Å². The molecule has 10 nitrogen and oxygen atoms in total. The average molecular weight is 505 g/mol. The van der Waals surface area contributed by atoms with E-state index >= 15 is 0 Å². The molecule has 3 heterocycles. The molecule has 0 radical (unpaired) electrons.